The summed E-state index contributed by atoms with van der Waals surface area (Å²) >= 11 is 0. The zero-order chi connectivity index (χ0) is 23.8. The van der Waals surface area contributed by atoms with Gasteiger partial charge >= 0.3 is 6.18 Å². The molecule has 3 aromatic rings. The summed E-state index contributed by atoms with van der Waals surface area (Å²) in [6, 6.07) is 9.93. The quantitative estimate of drug-likeness (QED) is 0.552. The molecule has 176 valence electrons. The van der Waals surface area contributed by atoms with Gasteiger partial charge in [0.25, 0.3) is 0 Å². The van der Waals surface area contributed by atoms with Gasteiger partial charge in [-0.1, -0.05) is 29.4 Å². The Balaban J connectivity index is 1.38. The van der Waals surface area contributed by atoms with E-state index in [-0.39, 0.29) is 5.82 Å². The maximum Gasteiger partial charge on any atom is 0.416 e. The monoisotopic (exact) mass is 480 g/mol. The molecular formula is C22H23F3N4O3S. The highest BCUT2D eigenvalue weighted by molar-refractivity contribution is 7.89. The van der Waals surface area contributed by atoms with Crippen molar-refractivity contribution in [1.82, 2.24) is 19.3 Å². The number of sulfonamides is 1. The molecule has 0 bridgehead atoms. The molecule has 1 aliphatic rings. The highest BCUT2D eigenvalue weighted by Crippen LogP contribution is 2.30. The van der Waals surface area contributed by atoms with Crippen molar-refractivity contribution < 1.29 is 26.1 Å². The first-order chi connectivity index (χ1) is 15.5. The highest BCUT2D eigenvalue weighted by Gasteiger charge is 2.31. The van der Waals surface area contributed by atoms with E-state index in [1.807, 2.05) is 24.0 Å². The van der Waals surface area contributed by atoms with Crippen LogP contribution in [0.1, 0.15) is 22.6 Å². The number of benzene rings is 2. The van der Waals surface area contributed by atoms with Gasteiger partial charge in [-0.15, -0.1) is 0 Å². The summed E-state index contributed by atoms with van der Waals surface area (Å²) in [4.78, 5) is 6.60. The van der Waals surface area contributed by atoms with Gasteiger partial charge in [0.05, 0.1) is 17.0 Å². The predicted octanol–water partition coefficient (Wildman–Crippen LogP) is 3.88. The second kappa shape index (κ2) is 8.88. The molecule has 4 rings (SSSR count). The molecule has 1 aromatic heterocycles. The van der Waals surface area contributed by atoms with E-state index in [0.29, 0.717) is 54.6 Å². The summed E-state index contributed by atoms with van der Waals surface area (Å²) in [6.45, 7) is 5.60. The Morgan fingerprint density at radius 3 is 2.30 bits per heavy atom. The van der Waals surface area contributed by atoms with Crippen LogP contribution in [0.15, 0.2) is 51.9 Å². The van der Waals surface area contributed by atoms with Crippen LogP contribution >= 0.6 is 0 Å². The zero-order valence-corrected chi connectivity index (χ0v) is 18.9. The molecule has 2 heterocycles. The lowest BCUT2D eigenvalue weighted by molar-refractivity contribution is -0.137. The normalized spacial score (nSPS) is 16.3. The summed E-state index contributed by atoms with van der Waals surface area (Å²) in [5.41, 5.74) is 1.27. The number of aryl methyl sites for hydroxylation is 2. The maximum absolute atomic E-state index is 13.1. The number of alkyl halides is 3. The van der Waals surface area contributed by atoms with E-state index in [1.54, 1.807) is 13.0 Å². The summed E-state index contributed by atoms with van der Waals surface area (Å²) in [7, 11) is -3.58. The third-order valence-electron chi connectivity index (χ3n) is 5.59. The van der Waals surface area contributed by atoms with Gasteiger partial charge in [0.2, 0.25) is 21.7 Å². The molecule has 1 aliphatic heterocycles. The van der Waals surface area contributed by atoms with Crippen LogP contribution in [0.2, 0.25) is 0 Å². The third-order valence-corrected chi connectivity index (χ3v) is 7.63. The molecule has 0 amide bonds. The molecule has 33 heavy (non-hydrogen) atoms. The first-order valence-corrected chi connectivity index (χ1v) is 11.8. The topological polar surface area (TPSA) is 79.5 Å². The Bertz CT molecular complexity index is 1230. The lowest BCUT2D eigenvalue weighted by atomic mass is 10.1. The van der Waals surface area contributed by atoms with E-state index >= 15 is 0 Å². The number of nitrogens with zero attached hydrogens (tertiary/aromatic N) is 4. The summed E-state index contributed by atoms with van der Waals surface area (Å²) < 4.78 is 71.0. The van der Waals surface area contributed by atoms with Gasteiger partial charge in [-0.3, -0.25) is 4.90 Å². The zero-order valence-electron chi connectivity index (χ0n) is 18.1. The van der Waals surface area contributed by atoms with Crippen LogP contribution in [0, 0.1) is 13.8 Å². The molecule has 7 nitrogen and oxygen atoms in total. The third kappa shape index (κ3) is 5.10. The highest BCUT2D eigenvalue weighted by atomic mass is 32.2. The number of piperazine rings is 1. The van der Waals surface area contributed by atoms with Gasteiger partial charge < -0.3 is 4.52 Å². The number of hydrogen-bond acceptors (Lipinski definition) is 6. The molecule has 11 heteroatoms. The molecule has 0 spiro atoms. The molecule has 0 atom stereocenters. The fraction of sp³-hybridized carbons (Fsp3) is 0.364. The Hall–Kier alpha value is -2.76. The Kier molecular flexibility index (Phi) is 6.30. The second-order valence-electron chi connectivity index (χ2n) is 8.04. The second-order valence-corrected chi connectivity index (χ2v) is 9.94. The number of halogens is 3. The lowest BCUT2D eigenvalue weighted by Gasteiger charge is -2.33. The Labute approximate surface area is 189 Å². The first kappa shape index (κ1) is 23.4. The van der Waals surface area contributed by atoms with Crippen molar-refractivity contribution in [1.29, 1.82) is 0 Å². The van der Waals surface area contributed by atoms with Gasteiger partial charge in [-0.05, 0) is 43.2 Å². The van der Waals surface area contributed by atoms with Gasteiger partial charge in [-0.2, -0.15) is 22.5 Å². The van der Waals surface area contributed by atoms with Crippen molar-refractivity contribution in [2.45, 2.75) is 31.5 Å². The van der Waals surface area contributed by atoms with Crippen molar-refractivity contribution in [2.75, 3.05) is 26.2 Å². The Morgan fingerprint density at radius 2 is 1.67 bits per heavy atom. The summed E-state index contributed by atoms with van der Waals surface area (Å²) in [6.07, 6.45) is -4.41. The van der Waals surface area contributed by atoms with E-state index in [1.165, 1.54) is 16.4 Å². The molecule has 0 N–H and O–H groups in total. The van der Waals surface area contributed by atoms with Crippen LogP contribution in [0.25, 0.3) is 11.4 Å². The summed E-state index contributed by atoms with van der Waals surface area (Å²) in [5, 5.41) is 3.86. The first-order valence-electron chi connectivity index (χ1n) is 10.3. The molecule has 0 saturated carbocycles. The van der Waals surface area contributed by atoms with Crippen molar-refractivity contribution >= 4 is 10.0 Å². The molecular weight excluding hydrogens is 457 g/mol. The average Bonchev–Trinajstić information content (AvgIpc) is 3.24. The van der Waals surface area contributed by atoms with Crippen LogP contribution in [0.5, 0.6) is 0 Å². The van der Waals surface area contributed by atoms with Crippen LogP contribution in [0.3, 0.4) is 0 Å². The maximum atomic E-state index is 13.1. The largest absolute Gasteiger partial charge is 0.416 e. The molecule has 0 aliphatic carbocycles. The van der Waals surface area contributed by atoms with Crippen molar-refractivity contribution in [3.8, 4) is 11.4 Å². The molecule has 1 saturated heterocycles. The Morgan fingerprint density at radius 1 is 1.00 bits per heavy atom. The fourth-order valence-corrected chi connectivity index (χ4v) is 5.42. The number of aromatic nitrogens is 2. The van der Waals surface area contributed by atoms with E-state index in [2.05, 4.69) is 10.1 Å². The van der Waals surface area contributed by atoms with Crippen LogP contribution in [0.4, 0.5) is 13.2 Å². The minimum atomic E-state index is -4.41. The SMILES string of the molecule is Cc1ccc(C)c(S(=O)(=O)N2CCN(Cc3nc(-c4ccc(C(F)(F)F)cc4)no3)CC2)c1. The van der Waals surface area contributed by atoms with E-state index in [4.69, 9.17) is 4.52 Å². The van der Waals surface area contributed by atoms with E-state index < -0.39 is 21.8 Å². The molecule has 2 aromatic carbocycles. The van der Waals surface area contributed by atoms with E-state index in [0.717, 1.165) is 17.7 Å². The summed E-state index contributed by atoms with van der Waals surface area (Å²) in [5.74, 6) is 0.519. The smallest absolute Gasteiger partial charge is 0.338 e. The van der Waals surface area contributed by atoms with Crippen LogP contribution in [-0.2, 0) is 22.7 Å². The van der Waals surface area contributed by atoms with Crippen molar-refractivity contribution in [2.24, 2.45) is 0 Å². The van der Waals surface area contributed by atoms with Gasteiger partial charge in [0.1, 0.15) is 0 Å². The average molecular weight is 481 g/mol. The van der Waals surface area contributed by atoms with Gasteiger partial charge in [0, 0.05) is 31.7 Å². The predicted molar refractivity (Wildman–Crippen MR) is 115 cm³/mol. The van der Waals surface area contributed by atoms with Crippen molar-refractivity contribution in [3.63, 3.8) is 0 Å². The molecule has 1 fully saturated rings. The van der Waals surface area contributed by atoms with Gasteiger partial charge in [0.15, 0.2) is 0 Å². The molecule has 0 unspecified atom stereocenters. The molecule has 0 radical (unpaired) electrons. The van der Waals surface area contributed by atoms with Crippen molar-refractivity contribution in [3.05, 3.63) is 65.0 Å². The minimum Gasteiger partial charge on any atom is -0.338 e. The van der Waals surface area contributed by atoms with Crippen LogP contribution < -0.4 is 0 Å². The standard InChI is InChI=1S/C22H23F3N4O3S/c1-15-3-4-16(2)19(13-15)33(30,31)29-11-9-28(10-12-29)14-20-26-21(27-32-20)17-5-7-18(8-6-17)22(23,24)25/h3-8,13H,9-12,14H2,1-2H3. The van der Waals surface area contributed by atoms with Gasteiger partial charge in [-0.25, -0.2) is 8.42 Å². The minimum absolute atomic E-state index is 0.204. The number of hydrogen-bond donors (Lipinski definition) is 0. The van der Waals surface area contributed by atoms with E-state index in [9.17, 15) is 21.6 Å². The fourth-order valence-electron chi connectivity index (χ4n) is 3.69. The number of rotatable bonds is 5. The van der Waals surface area contributed by atoms with Crippen LogP contribution in [-0.4, -0.2) is 53.9 Å². The lowest BCUT2D eigenvalue weighted by Crippen LogP contribution is -2.48.